The molecule has 0 unspecified atom stereocenters. The van der Waals surface area contributed by atoms with Crippen molar-refractivity contribution >= 4 is 11.9 Å². The molecule has 0 aromatic carbocycles. The van der Waals surface area contributed by atoms with Crippen LogP contribution in [0.4, 0.5) is 4.79 Å². The van der Waals surface area contributed by atoms with E-state index in [4.69, 9.17) is 4.74 Å². The first-order chi connectivity index (χ1) is 8.37. The van der Waals surface area contributed by atoms with Gasteiger partial charge >= 0.3 is 6.09 Å². The maximum atomic E-state index is 12.0. The van der Waals surface area contributed by atoms with E-state index in [0.29, 0.717) is 24.7 Å². The molecule has 4 nitrogen and oxygen atoms in total. The molecule has 1 amide bonds. The fourth-order valence-corrected chi connectivity index (χ4v) is 2.93. The Labute approximate surface area is 109 Å². The molecule has 0 spiro atoms. The number of rotatable bonds is 0. The van der Waals surface area contributed by atoms with Crippen molar-refractivity contribution in [2.24, 2.45) is 11.8 Å². The van der Waals surface area contributed by atoms with Gasteiger partial charge in [0.15, 0.2) is 0 Å². The van der Waals surface area contributed by atoms with Gasteiger partial charge in [-0.1, -0.05) is 0 Å². The van der Waals surface area contributed by atoms with E-state index in [9.17, 15) is 9.59 Å². The van der Waals surface area contributed by atoms with Gasteiger partial charge in [0.05, 0.1) is 0 Å². The van der Waals surface area contributed by atoms with E-state index in [-0.39, 0.29) is 12.0 Å². The molecule has 1 saturated carbocycles. The van der Waals surface area contributed by atoms with Crippen LogP contribution in [0.3, 0.4) is 0 Å². The molecule has 0 radical (unpaired) electrons. The van der Waals surface area contributed by atoms with Crippen molar-refractivity contribution in [2.75, 3.05) is 13.1 Å². The van der Waals surface area contributed by atoms with Crippen molar-refractivity contribution in [2.45, 2.75) is 52.1 Å². The fraction of sp³-hybridized carbons (Fsp3) is 0.857. The number of hydrogen-bond acceptors (Lipinski definition) is 3. The van der Waals surface area contributed by atoms with Gasteiger partial charge in [-0.25, -0.2) is 4.79 Å². The summed E-state index contributed by atoms with van der Waals surface area (Å²) in [6, 6.07) is 0. The molecule has 0 bridgehead atoms. The standard InChI is InChI=1S/C14H23NO3/c1-14(2,3)18-13(17)15-8-7-10-5-4-6-12(16)11(10)9-15/h10-11H,4-9H2,1-3H3/t10-,11-/m0/s1. The van der Waals surface area contributed by atoms with Crippen LogP contribution in [0.1, 0.15) is 46.5 Å². The molecular weight excluding hydrogens is 230 g/mol. The smallest absolute Gasteiger partial charge is 0.410 e. The Bertz CT molecular complexity index is 345. The molecule has 2 fully saturated rings. The molecule has 1 aliphatic heterocycles. The molecule has 0 N–H and O–H groups in total. The van der Waals surface area contributed by atoms with Crippen molar-refractivity contribution in [3.05, 3.63) is 0 Å². The number of ether oxygens (including phenoxy) is 1. The molecule has 0 aromatic rings. The Morgan fingerprint density at radius 2 is 2.06 bits per heavy atom. The Morgan fingerprint density at radius 1 is 1.33 bits per heavy atom. The topological polar surface area (TPSA) is 46.6 Å². The SMILES string of the molecule is CC(C)(C)OC(=O)N1CC[C@@H]2CCCC(=O)[C@H]2C1. The van der Waals surface area contributed by atoms with Crippen LogP contribution in [0, 0.1) is 11.8 Å². The summed E-state index contributed by atoms with van der Waals surface area (Å²) in [4.78, 5) is 25.6. The molecular formula is C14H23NO3. The molecule has 1 saturated heterocycles. The summed E-state index contributed by atoms with van der Waals surface area (Å²) in [5.74, 6) is 0.879. The van der Waals surface area contributed by atoms with Gasteiger partial charge < -0.3 is 9.64 Å². The van der Waals surface area contributed by atoms with Crippen LogP contribution in [0.15, 0.2) is 0 Å². The molecule has 2 atom stereocenters. The third-order valence-corrected chi connectivity index (χ3v) is 3.82. The number of carbonyl (C=O) groups is 2. The first-order valence-electron chi connectivity index (χ1n) is 6.87. The van der Waals surface area contributed by atoms with Gasteiger partial charge in [0.25, 0.3) is 0 Å². The van der Waals surface area contributed by atoms with Crippen molar-refractivity contribution in [3.8, 4) is 0 Å². The summed E-state index contributed by atoms with van der Waals surface area (Å²) >= 11 is 0. The minimum atomic E-state index is -0.468. The average molecular weight is 253 g/mol. The van der Waals surface area contributed by atoms with E-state index >= 15 is 0 Å². The number of likely N-dealkylation sites (tertiary alicyclic amines) is 1. The lowest BCUT2D eigenvalue weighted by Gasteiger charge is -2.40. The highest BCUT2D eigenvalue weighted by atomic mass is 16.6. The van der Waals surface area contributed by atoms with E-state index in [0.717, 1.165) is 25.8 Å². The number of piperidine rings is 1. The maximum absolute atomic E-state index is 12.0. The Morgan fingerprint density at radius 3 is 2.72 bits per heavy atom. The average Bonchev–Trinajstić information content (AvgIpc) is 2.27. The Balaban J connectivity index is 1.96. The second kappa shape index (κ2) is 4.90. The first kappa shape index (κ1) is 13.4. The van der Waals surface area contributed by atoms with Gasteiger partial charge in [-0.2, -0.15) is 0 Å². The van der Waals surface area contributed by atoms with Crippen molar-refractivity contribution in [3.63, 3.8) is 0 Å². The monoisotopic (exact) mass is 253 g/mol. The van der Waals surface area contributed by atoms with E-state index in [1.165, 1.54) is 0 Å². The number of hydrogen-bond donors (Lipinski definition) is 0. The summed E-state index contributed by atoms with van der Waals surface area (Å²) in [5.41, 5.74) is -0.468. The van der Waals surface area contributed by atoms with Crippen molar-refractivity contribution in [1.29, 1.82) is 0 Å². The van der Waals surface area contributed by atoms with E-state index < -0.39 is 5.60 Å². The van der Waals surface area contributed by atoms with Gasteiger partial charge in [0, 0.05) is 25.4 Å². The van der Waals surface area contributed by atoms with Crippen molar-refractivity contribution < 1.29 is 14.3 Å². The number of carbonyl (C=O) groups excluding carboxylic acids is 2. The summed E-state index contributed by atoms with van der Waals surface area (Å²) in [6.07, 6.45) is 3.50. The van der Waals surface area contributed by atoms with Crippen LogP contribution in [-0.2, 0) is 9.53 Å². The molecule has 2 rings (SSSR count). The zero-order valence-electron chi connectivity index (χ0n) is 11.6. The van der Waals surface area contributed by atoms with E-state index in [1.54, 1.807) is 4.90 Å². The number of amides is 1. The lowest BCUT2D eigenvalue weighted by atomic mass is 9.74. The second-order valence-corrected chi connectivity index (χ2v) is 6.44. The summed E-state index contributed by atoms with van der Waals surface area (Å²) in [7, 11) is 0. The molecule has 1 heterocycles. The normalized spacial score (nSPS) is 28.8. The molecule has 18 heavy (non-hydrogen) atoms. The third kappa shape index (κ3) is 3.03. The van der Waals surface area contributed by atoms with Crippen LogP contribution < -0.4 is 0 Å². The quantitative estimate of drug-likeness (QED) is 0.666. The number of Topliss-reactive ketones (excluding diaryl/α,β-unsaturated/α-hetero) is 1. The maximum Gasteiger partial charge on any atom is 0.410 e. The Kier molecular flexibility index (Phi) is 3.64. The predicted molar refractivity (Wildman–Crippen MR) is 68.3 cm³/mol. The van der Waals surface area contributed by atoms with E-state index in [1.807, 2.05) is 20.8 Å². The minimum Gasteiger partial charge on any atom is -0.444 e. The highest BCUT2D eigenvalue weighted by Gasteiger charge is 2.38. The number of ketones is 1. The summed E-state index contributed by atoms with van der Waals surface area (Å²) < 4.78 is 5.37. The van der Waals surface area contributed by atoms with Gasteiger partial charge in [-0.15, -0.1) is 0 Å². The zero-order chi connectivity index (χ0) is 13.3. The van der Waals surface area contributed by atoms with Crippen LogP contribution in [-0.4, -0.2) is 35.5 Å². The van der Waals surface area contributed by atoms with Gasteiger partial charge in [-0.3, -0.25) is 4.79 Å². The van der Waals surface area contributed by atoms with Crippen LogP contribution in [0.2, 0.25) is 0 Å². The summed E-state index contributed by atoms with van der Waals surface area (Å²) in [6.45, 7) is 6.87. The van der Waals surface area contributed by atoms with Gasteiger partial charge in [-0.05, 0) is 46.0 Å². The third-order valence-electron chi connectivity index (χ3n) is 3.82. The lowest BCUT2D eigenvalue weighted by Crippen LogP contribution is -2.49. The van der Waals surface area contributed by atoms with Crippen LogP contribution >= 0.6 is 0 Å². The number of nitrogens with zero attached hydrogens (tertiary/aromatic N) is 1. The predicted octanol–water partition coefficient (Wildman–Crippen LogP) is 2.61. The molecule has 102 valence electrons. The Hall–Kier alpha value is -1.06. The van der Waals surface area contributed by atoms with Gasteiger partial charge in [0.2, 0.25) is 0 Å². The largest absolute Gasteiger partial charge is 0.444 e. The van der Waals surface area contributed by atoms with Crippen molar-refractivity contribution in [1.82, 2.24) is 4.90 Å². The van der Waals surface area contributed by atoms with Crippen LogP contribution in [0.25, 0.3) is 0 Å². The minimum absolute atomic E-state index is 0.0556. The second-order valence-electron chi connectivity index (χ2n) is 6.44. The summed E-state index contributed by atoms with van der Waals surface area (Å²) in [5, 5.41) is 0. The van der Waals surface area contributed by atoms with Crippen LogP contribution in [0.5, 0.6) is 0 Å². The highest BCUT2D eigenvalue weighted by molar-refractivity contribution is 5.83. The molecule has 2 aliphatic rings. The molecule has 1 aliphatic carbocycles. The zero-order valence-corrected chi connectivity index (χ0v) is 11.6. The highest BCUT2D eigenvalue weighted by Crippen LogP contribution is 2.34. The number of fused-ring (bicyclic) bond motifs is 1. The fourth-order valence-electron chi connectivity index (χ4n) is 2.93. The molecule has 0 aromatic heterocycles. The molecule has 4 heteroatoms. The lowest BCUT2D eigenvalue weighted by molar-refractivity contribution is -0.128. The van der Waals surface area contributed by atoms with E-state index in [2.05, 4.69) is 0 Å². The van der Waals surface area contributed by atoms with Gasteiger partial charge in [0.1, 0.15) is 11.4 Å². The first-order valence-corrected chi connectivity index (χ1v) is 6.87.